The molecule has 1 aromatic carbocycles. The summed E-state index contributed by atoms with van der Waals surface area (Å²) < 4.78 is 0. The van der Waals surface area contributed by atoms with Crippen LogP contribution in [-0.4, -0.2) is 11.9 Å². The molecule has 0 aliphatic rings. The summed E-state index contributed by atoms with van der Waals surface area (Å²) in [6.07, 6.45) is 0.653. The van der Waals surface area contributed by atoms with Crippen LogP contribution in [0, 0.1) is 5.92 Å². The molecule has 94 valence electrons. The van der Waals surface area contributed by atoms with Gasteiger partial charge in [-0.1, -0.05) is 44.2 Å². The molecule has 1 amide bonds. The van der Waals surface area contributed by atoms with Crippen LogP contribution in [0.1, 0.15) is 25.8 Å². The molecule has 0 bridgehead atoms. The van der Waals surface area contributed by atoms with Gasteiger partial charge in [-0.3, -0.25) is 9.63 Å². The van der Waals surface area contributed by atoms with Gasteiger partial charge in [0.15, 0.2) is 0 Å². The molecule has 1 atom stereocenters. The van der Waals surface area contributed by atoms with Gasteiger partial charge in [-0.2, -0.15) is 0 Å². The quantitative estimate of drug-likeness (QED) is 0.737. The molecule has 0 spiro atoms. The summed E-state index contributed by atoms with van der Waals surface area (Å²) in [7, 11) is 0. The molecule has 0 fully saturated rings. The molecule has 0 radical (unpaired) electrons. The van der Waals surface area contributed by atoms with Gasteiger partial charge in [-0.15, -0.1) is 0 Å². The Morgan fingerprint density at radius 1 is 1.35 bits per heavy atom. The summed E-state index contributed by atoms with van der Waals surface area (Å²) in [6, 6.07) is 9.13. The number of hydrogen-bond donors (Lipinski definition) is 2. The summed E-state index contributed by atoms with van der Waals surface area (Å²) in [6.45, 7) is 4.40. The van der Waals surface area contributed by atoms with Crippen LogP contribution < -0.4 is 11.2 Å². The van der Waals surface area contributed by atoms with Crippen molar-refractivity contribution in [1.29, 1.82) is 0 Å². The predicted octanol–water partition coefficient (Wildman–Crippen LogP) is 1.61. The van der Waals surface area contributed by atoms with E-state index in [1.54, 1.807) is 0 Å². The van der Waals surface area contributed by atoms with E-state index in [0.29, 0.717) is 18.9 Å². The third-order valence-corrected chi connectivity index (χ3v) is 2.32. The van der Waals surface area contributed by atoms with E-state index >= 15 is 0 Å². The molecule has 0 heterocycles. The Bertz CT molecular complexity index is 339. The fraction of sp³-hybridized carbons (Fsp3) is 0.462. The lowest BCUT2D eigenvalue weighted by atomic mass is 10.0. The first-order chi connectivity index (χ1) is 8.09. The van der Waals surface area contributed by atoms with Crippen molar-refractivity contribution < 1.29 is 9.63 Å². The molecular formula is C13H20N2O2. The molecule has 1 rings (SSSR count). The van der Waals surface area contributed by atoms with E-state index in [2.05, 4.69) is 5.48 Å². The molecule has 4 nitrogen and oxygen atoms in total. The van der Waals surface area contributed by atoms with E-state index in [1.165, 1.54) is 0 Å². The molecule has 1 unspecified atom stereocenters. The van der Waals surface area contributed by atoms with Crippen LogP contribution in [0.4, 0.5) is 0 Å². The van der Waals surface area contributed by atoms with Crippen LogP contribution in [0.25, 0.3) is 0 Å². The Kier molecular flexibility index (Phi) is 5.66. The van der Waals surface area contributed by atoms with Gasteiger partial charge in [0.2, 0.25) is 0 Å². The van der Waals surface area contributed by atoms with Crippen molar-refractivity contribution in [3.63, 3.8) is 0 Å². The van der Waals surface area contributed by atoms with Crippen LogP contribution >= 0.6 is 0 Å². The average Bonchev–Trinajstić information content (AvgIpc) is 2.29. The highest BCUT2D eigenvalue weighted by molar-refractivity contribution is 5.80. The fourth-order valence-corrected chi connectivity index (χ4v) is 1.46. The lowest BCUT2D eigenvalue weighted by Crippen LogP contribution is -2.41. The number of hydrogen-bond acceptors (Lipinski definition) is 3. The second-order valence-electron chi connectivity index (χ2n) is 4.48. The highest BCUT2D eigenvalue weighted by Gasteiger charge is 2.14. The van der Waals surface area contributed by atoms with Crippen molar-refractivity contribution in [3.8, 4) is 0 Å². The van der Waals surface area contributed by atoms with Crippen molar-refractivity contribution in [2.75, 3.05) is 0 Å². The topological polar surface area (TPSA) is 64.4 Å². The molecular weight excluding hydrogens is 216 g/mol. The number of nitrogens with two attached hydrogens (primary N) is 1. The number of nitrogens with one attached hydrogen (secondary N) is 1. The van der Waals surface area contributed by atoms with Crippen LogP contribution in [0.3, 0.4) is 0 Å². The van der Waals surface area contributed by atoms with Crippen molar-refractivity contribution in [2.45, 2.75) is 32.9 Å². The predicted molar refractivity (Wildman–Crippen MR) is 66.8 cm³/mol. The maximum atomic E-state index is 11.5. The Hall–Kier alpha value is -1.39. The maximum Gasteiger partial charge on any atom is 0.260 e. The van der Waals surface area contributed by atoms with E-state index in [1.807, 2.05) is 44.2 Å². The van der Waals surface area contributed by atoms with E-state index in [0.717, 1.165) is 5.56 Å². The summed E-state index contributed by atoms with van der Waals surface area (Å²) in [5.41, 5.74) is 9.08. The normalized spacial score (nSPS) is 12.5. The van der Waals surface area contributed by atoms with Gasteiger partial charge >= 0.3 is 0 Å². The Labute approximate surface area is 102 Å². The minimum atomic E-state index is -0.509. The first-order valence-corrected chi connectivity index (χ1v) is 5.80. The number of carbonyl (C=O) groups is 1. The molecule has 4 heteroatoms. The highest BCUT2D eigenvalue weighted by Crippen LogP contribution is 2.03. The smallest absolute Gasteiger partial charge is 0.260 e. The first-order valence-electron chi connectivity index (χ1n) is 5.80. The number of amides is 1. The number of benzene rings is 1. The standard InChI is InChI=1S/C13H20N2O2/c1-10(2)8-12(14)13(16)15-17-9-11-6-4-3-5-7-11/h3-7,10,12H,8-9,14H2,1-2H3,(H,15,16). The molecule has 3 N–H and O–H groups in total. The molecule has 0 saturated heterocycles. The summed E-state index contributed by atoms with van der Waals surface area (Å²) >= 11 is 0. The lowest BCUT2D eigenvalue weighted by molar-refractivity contribution is -0.136. The van der Waals surface area contributed by atoms with Gasteiger partial charge in [-0.25, -0.2) is 5.48 Å². The van der Waals surface area contributed by atoms with Gasteiger partial charge in [0.25, 0.3) is 5.91 Å². The molecule has 0 aliphatic carbocycles. The van der Waals surface area contributed by atoms with Crippen LogP contribution in [0.2, 0.25) is 0 Å². The molecule has 0 saturated carbocycles. The van der Waals surface area contributed by atoms with Crippen molar-refractivity contribution >= 4 is 5.91 Å². The summed E-state index contributed by atoms with van der Waals surface area (Å²) in [5, 5.41) is 0. The summed E-state index contributed by atoms with van der Waals surface area (Å²) in [4.78, 5) is 16.6. The Morgan fingerprint density at radius 2 is 2.00 bits per heavy atom. The Morgan fingerprint density at radius 3 is 2.59 bits per heavy atom. The van der Waals surface area contributed by atoms with E-state index < -0.39 is 6.04 Å². The SMILES string of the molecule is CC(C)CC(N)C(=O)NOCc1ccccc1. The number of hydroxylamine groups is 1. The Balaban J connectivity index is 2.24. The highest BCUT2D eigenvalue weighted by atomic mass is 16.6. The second kappa shape index (κ2) is 7.04. The van der Waals surface area contributed by atoms with Crippen LogP contribution in [0.15, 0.2) is 30.3 Å². The van der Waals surface area contributed by atoms with E-state index in [9.17, 15) is 4.79 Å². The van der Waals surface area contributed by atoms with Gasteiger partial charge in [0.05, 0.1) is 12.6 Å². The molecule has 17 heavy (non-hydrogen) atoms. The summed E-state index contributed by atoms with van der Waals surface area (Å²) in [5.74, 6) is 0.125. The second-order valence-corrected chi connectivity index (χ2v) is 4.48. The largest absolute Gasteiger partial charge is 0.320 e. The lowest BCUT2D eigenvalue weighted by Gasteiger charge is -2.13. The van der Waals surface area contributed by atoms with Gasteiger partial charge in [0.1, 0.15) is 0 Å². The zero-order chi connectivity index (χ0) is 12.7. The van der Waals surface area contributed by atoms with E-state index in [4.69, 9.17) is 10.6 Å². The third kappa shape index (κ3) is 5.47. The molecule has 0 aromatic heterocycles. The fourth-order valence-electron chi connectivity index (χ4n) is 1.46. The third-order valence-electron chi connectivity index (χ3n) is 2.32. The monoisotopic (exact) mass is 236 g/mol. The number of carbonyl (C=O) groups excluding carboxylic acids is 1. The van der Waals surface area contributed by atoms with Gasteiger partial charge in [-0.05, 0) is 17.9 Å². The molecule has 1 aromatic rings. The van der Waals surface area contributed by atoms with Crippen molar-refractivity contribution in [3.05, 3.63) is 35.9 Å². The minimum Gasteiger partial charge on any atom is -0.320 e. The van der Waals surface area contributed by atoms with Crippen molar-refractivity contribution in [2.24, 2.45) is 11.7 Å². The van der Waals surface area contributed by atoms with Crippen LogP contribution in [-0.2, 0) is 16.2 Å². The number of rotatable bonds is 6. The molecule has 0 aliphatic heterocycles. The van der Waals surface area contributed by atoms with Crippen molar-refractivity contribution in [1.82, 2.24) is 5.48 Å². The van der Waals surface area contributed by atoms with E-state index in [-0.39, 0.29) is 5.91 Å². The minimum absolute atomic E-state index is 0.269. The first kappa shape index (κ1) is 13.7. The maximum absolute atomic E-state index is 11.5. The zero-order valence-corrected chi connectivity index (χ0v) is 10.3. The van der Waals surface area contributed by atoms with Gasteiger partial charge in [0, 0.05) is 0 Å². The zero-order valence-electron chi connectivity index (χ0n) is 10.3. The van der Waals surface area contributed by atoms with Crippen LogP contribution in [0.5, 0.6) is 0 Å². The average molecular weight is 236 g/mol. The van der Waals surface area contributed by atoms with Gasteiger partial charge < -0.3 is 5.73 Å².